The number of alkyl carbamates (subject to hydrolysis) is 1. The summed E-state index contributed by atoms with van der Waals surface area (Å²) >= 11 is 5.79. The second-order valence-electron chi connectivity index (χ2n) is 7.21. The van der Waals surface area contributed by atoms with Crippen LogP contribution in [0.5, 0.6) is 0 Å². The summed E-state index contributed by atoms with van der Waals surface area (Å²) in [6.07, 6.45) is 1.05. The van der Waals surface area contributed by atoms with E-state index in [-0.39, 0.29) is 11.8 Å². The van der Waals surface area contributed by atoms with E-state index in [4.69, 9.17) is 16.3 Å². The molecule has 1 atom stereocenters. The molecule has 0 unspecified atom stereocenters. The molecule has 2 amide bonds. The van der Waals surface area contributed by atoms with Crippen LogP contribution in [-0.4, -0.2) is 40.1 Å². The van der Waals surface area contributed by atoms with Gasteiger partial charge in [-0.2, -0.15) is 0 Å². The third-order valence-electron chi connectivity index (χ3n) is 3.46. The van der Waals surface area contributed by atoms with E-state index >= 15 is 0 Å². The summed E-state index contributed by atoms with van der Waals surface area (Å²) in [6.45, 7) is 11.9. The fraction of sp³-hybridized carbons (Fsp3) is 0.611. The molecular formula is C18H28ClN3O3. The Bertz CT molecular complexity index is 582. The molecule has 6 nitrogen and oxygen atoms in total. The van der Waals surface area contributed by atoms with Crippen molar-refractivity contribution in [1.29, 1.82) is 0 Å². The maximum absolute atomic E-state index is 12.9. The zero-order chi connectivity index (χ0) is 19.2. The molecule has 1 heterocycles. The van der Waals surface area contributed by atoms with Crippen molar-refractivity contribution in [3.05, 3.63) is 29.0 Å². The second-order valence-corrected chi connectivity index (χ2v) is 7.60. The SMILES string of the molecule is CCN(Cc1ccc(Cl)nc1)C(=O)[C@H](NC(=O)OC(C)(C)C)C(C)C. The smallest absolute Gasteiger partial charge is 0.408 e. The Morgan fingerprint density at radius 3 is 2.40 bits per heavy atom. The van der Waals surface area contributed by atoms with Gasteiger partial charge in [0.1, 0.15) is 16.8 Å². The van der Waals surface area contributed by atoms with Crippen molar-refractivity contribution in [3.8, 4) is 0 Å². The number of rotatable bonds is 6. The minimum absolute atomic E-state index is 0.0718. The van der Waals surface area contributed by atoms with E-state index in [2.05, 4.69) is 10.3 Å². The van der Waals surface area contributed by atoms with Gasteiger partial charge in [0, 0.05) is 19.3 Å². The molecule has 0 aliphatic carbocycles. The number of likely N-dealkylation sites (N-methyl/N-ethyl adjacent to an activating group) is 1. The Hall–Kier alpha value is -1.82. The number of pyridine rings is 1. The molecule has 0 aromatic carbocycles. The van der Waals surface area contributed by atoms with Gasteiger partial charge >= 0.3 is 6.09 Å². The molecule has 1 N–H and O–H groups in total. The highest BCUT2D eigenvalue weighted by Crippen LogP contribution is 2.13. The summed E-state index contributed by atoms with van der Waals surface area (Å²) in [5.74, 6) is -0.226. The van der Waals surface area contributed by atoms with Crippen LogP contribution >= 0.6 is 11.6 Å². The third-order valence-corrected chi connectivity index (χ3v) is 3.68. The van der Waals surface area contributed by atoms with Crippen molar-refractivity contribution in [1.82, 2.24) is 15.2 Å². The topological polar surface area (TPSA) is 71.5 Å². The summed E-state index contributed by atoms with van der Waals surface area (Å²) in [7, 11) is 0. The molecule has 0 saturated carbocycles. The van der Waals surface area contributed by atoms with Gasteiger partial charge in [0.05, 0.1) is 0 Å². The van der Waals surface area contributed by atoms with Gasteiger partial charge < -0.3 is 15.0 Å². The first-order valence-corrected chi connectivity index (χ1v) is 8.80. The Labute approximate surface area is 154 Å². The molecular weight excluding hydrogens is 342 g/mol. The van der Waals surface area contributed by atoms with Crippen molar-refractivity contribution in [2.45, 2.75) is 59.7 Å². The standard InChI is InChI=1S/C18H28ClN3O3/c1-7-22(11-13-8-9-14(19)20-10-13)16(23)15(12(2)3)21-17(24)25-18(4,5)6/h8-10,12,15H,7,11H2,1-6H3,(H,21,24)/t15-/m1/s1. The van der Waals surface area contributed by atoms with Crippen molar-refractivity contribution in [2.24, 2.45) is 5.92 Å². The molecule has 1 aromatic rings. The molecule has 0 aliphatic heterocycles. The number of carbonyl (C=O) groups excluding carboxylic acids is 2. The second kappa shape index (κ2) is 9.04. The van der Waals surface area contributed by atoms with Crippen molar-refractivity contribution < 1.29 is 14.3 Å². The lowest BCUT2D eigenvalue weighted by molar-refractivity contribution is -0.135. The number of nitrogens with one attached hydrogen (secondary N) is 1. The summed E-state index contributed by atoms with van der Waals surface area (Å²) in [4.78, 5) is 30.7. The maximum Gasteiger partial charge on any atom is 0.408 e. The lowest BCUT2D eigenvalue weighted by Gasteiger charge is -2.30. The lowest BCUT2D eigenvalue weighted by Crippen LogP contribution is -2.52. The number of hydrogen-bond donors (Lipinski definition) is 1. The Morgan fingerprint density at radius 2 is 1.96 bits per heavy atom. The Morgan fingerprint density at radius 1 is 1.32 bits per heavy atom. The van der Waals surface area contributed by atoms with E-state index in [1.54, 1.807) is 37.9 Å². The molecule has 0 fully saturated rings. The van der Waals surface area contributed by atoms with Crippen LogP contribution in [0.25, 0.3) is 0 Å². The van der Waals surface area contributed by atoms with Crippen molar-refractivity contribution in [3.63, 3.8) is 0 Å². The van der Waals surface area contributed by atoms with Gasteiger partial charge in [-0.25, -0.2) is 9.78 Å². The zero-order valence-electron chi connectivity index (χ0n) is 15.8. The number of carbonyl (C=O) groups is 2. The number of halogens is 1. The molecule has 0 bridgehead atoms. The molecule has 25 heavy (non-hydrogen) atoms. The summed E-state index contributed by atoms with van der Waals surface area (Å²) in [5, 5.41) is 3.10. The molecule has 0 saturated heterocycles. The predicted octanol–water partition coefficient (Wildman–Crippen LogP) is 3.63. The highest BCUT2D eigenvalue weighted by atomic mass is 35.5. The van der Waals surface area contributed by atoms with Crippen LogP contribution in [0.1, 0.15) is 47.1 Å². The number of nitrogens with zero attached hydrogens (tertiary/aromatic N) is 2. The van der Waals surface area contributed by atoms with Crippen LogP contribution in [0.15, 0.2) is 18.3 Å². The van der Waals surface area contributed by atoms with E-state index < -0.39 is 17.7 Å². The molecule has 7 heteroatoms. The average molecular weight is 370 g/mol. The molecule has 1 rings (SSSR count). The molecule has 140 valence electrons. The molecule has 0 aliphatic rings. The van der Waals surface area contributed by atoms with Gasteiger partial charge in [-0.15, -0.1) is 0 Å². The van der Waals surface area contributed by atoms with Gasteiger partial charge in [-0.05, 0) is 45.2 Å². The zero-order valence-corrected chi connectivity index (χ0v) is 16.6. The summed E-state index contributed by atoms with van der Waals surface area (Å²) in [5.41, 5.74) is 0.257. The predicted molar refractivity (Wildman–Crippen MR) is 98.3 cm³/mol. The largest absolute Gasteiger partial charge is 0.444 e. The fourth-order valence-corrected chi connectivity index (χ4v) is 2.32. The minimum atomic E-state index is -0.657. The Balaban J connectivity index is 2.84. The van der Waals surface area contributed by atoms with E-state index in [0.29, 0.717) is 18.2 Å². The quantitative estimate of drug-likeness (QED) is 0.777. The van der Waals surface area contributed by atoms with E-state index in [0.717, 1.165) is 5.56 Å². The highest BCUT2D eigenvalue weighted by Gasteiger charge is 2.30. The number of hydrogen-bond acceptors (Lipinski definition) is 4. The molecule has 1 aromatic heterocycles. The monoisotopic (exact) mass is 369 g/mol. The molecule has 0 radical (unpaired) electrons. The van der Waals surface area contributed by atoms with Crippen molar-refractivity contribution >= 4 is 23.6 Å². The first-order valence-electron chi connectivity index (χ1n) is 8.42. The maximum atomic E-state index is 12.9. The van der Waals surface area contributed by atoms with E-state index in [9.17, 15) is 9.59 Å². The average Bonchev–Trinajstić information content (AvgIpc) is 2.49. The van der Waals surface area contributed by atoms with Gasteiger partial charge in [0.2, 0.25) is 5.91 Å². The summed E-state index contributed by atoms with van der Waals surface area (Å²) in [6, 6.07) is 2.86. The third kappa shape index (κ3) is 7.30. The minimum Gasteiger partial charge on any atom is -0.444 e. The van der Waals surface area contributed by atoms with E-state index in [1.165, 1.54) is 0 Å². The van der Waals surface area contributed by atoms with Gasteiger partial charge in [-0.3, -0.25) is 4.79 Å². The van der Waals surface area contributed by atoms with Crippen molar-refractivity contribution in [2.75, 3.05) is 6.54 Å². The molecule has 0 spiro atoms. The number of amides is 2. The first kappa shape index (κ1) is 21.2. The first-order chi connectivity index (χ1) is 11.5. The van der Waals surface area contributed by atoms with Crippen LogP contribution < -0.4 is 5.32 Å². The van der Waals surface area contributed by atoms with Crippen LogP contribution in [0.2, 0.25) is 5.15 Å². The van der Waals surface area contributed by atoms with E-state index in [1.807, 2.05) is 26.8 Å². The van der Waals surface area contributed by atoms with Gasteiger partial charge in [0.15, 0.2) is 0 Å². The normalized spacial score (nSPS) is 12.6. The van der Waals surface area contributed by atoms with Gasteiger partial charge in [0.25, 0.3) is 0 Å². The number of aromatic nitrogens is 1. The fourth-order valence-electron chi connectivity index (χ4n) is 2.21. The van der Waals surface area contributed by atoms with Crippen LogP contribution in [0, 0.1) is 5.92 Å². The van der Waals surface area contributed by atoms with Crippen LogP contribution in [-0.2, 0) is 16.1 Å². The summed E-state index contributed by atoms with van der Waals surface area (Å²) < 4.78 is 5.27. The van der Waals surface area contributed by atoms with Crippen LogP contribution in [0.3, 0.4) is 0 Å². The number of ether oxygens (including phenoxy) is 1. The van der Waals surface area contributed by atoms with Gasteiger partial charge in [-0.1, -0.05) is 31.5 Å². The lowest BCUT2D eigenvalue weighted by atomic mass is 10.0. The Kier molecular flexibility index (Phi) is 7.67. The van der Waals surface area contributed by atoms with Crippen LogP contribution in [0.4, 0.5) is 4.79 Å². The highest BCUT2D eigenvalue weighted by molar-refractivity contribution is 6.29.